The zero-order valence-electron chi connectivity index (χ0n) is 23.5. The zero-order valence-corrected chi connectivity index (χ0v) is 24.3. The van der Waals surface area contributed by atoms with Gasteiger partial charge in [0.2, 0.25) is 0 Å². The third-order valence-electron chi connectivity index (χ3n) is 8.76. The summed E-state index contributed by atoms with van der Waals surface area (Å²) in [5.74, 6) is 6.41. The van der Waals surface area contributed by atoms with Crippen molar-refractivity contribution in [3.8, 4) is 22.6 Å². The van der Waals surface area contributed by atoms with Crippen molar-refractivity contribution in [1.82, 2.24) is 0 Å². The Morgan fingerprint density at radius 1 is 0.571 bits per heavy atom. The lowest BCUT2D eigenvalue weighted by atomic mass is 9.78. The third-order valence-corrected chi connectivity index (χ3v) is 9.87. The highest BCUT2D eigenvalue weighted by Crippen LogP contribution is 2.49. The number of rotatable bonds is 3. The van der Waals surface area contributed by atoms with Crippen molar-refractivity contribution in [1.29, 1.82) is 0 Å². The number of ether oxygens (including phenoxy) is 1. The van der Waals surface area contributed by atoms with Gasteiger partial charge in [0.1, 0.15) is 11.5 Å². The average molecular weight is 559 g/mol. The van der Waals surface area contributed by atoms with Gasteiger partial charge in [-0.05, 0) is 85.4 Å². The van der Waals surface area contributed by atoms with Crippen LogP contribution in [0.4, 0.5) is 0 Å². The van der Waals surface area contributed by atoms with Crippen molar-refractivity contribution in [2.45, 2.75) is 17.2 Å². The highest BCUT2D eigenvalue weighted by molar-refractivity contribution is 8.13. The standard InChI is InChI=1S/C40H30OS/c1-42(2)38-24-23-34(27-14-4-5-16-29(27)38)39-30-17-6-8-19-32(30)40(33-20-9-7-18-31(33)39)35-25-26-13-3-11-21-36(26)41-37-22-12-10-15-28(35)37/h3-24,35H,1,25H2,2H3. The van der Waals surface area contributed by atoms with Crippen molar-refractivity contribution in [2.24, 2.45) is 0 Å². The molecule has 7 aromatic carbocycles. The summed E-state index contributed by atoms with van der Waals surface area (Å²) >= 11 is 0. The maximum atomic E-state index is 6.55. The van der Waals surface area contributed by atoms with Crippen molar-refractivity contribution in [3.63, 3.8) is 0 Å². The molecule has 2 unspecified atom stereocenters. The second-order valence-electron chi connectivity index (χ2n) is 11.2. The molecule has 1 aliphatic rings. The summed E-state index contributed by atoms with van der Waals surface area (Å²) in [5, 5.41) is 7.73. The van der Waals surface area contributed by atoms with Crippen molar-refractivity contribution >= 4 is 48.7 Å². The number of benzene rings is 7. The first kappa shape index (κ1) is 25.1. The van der Waals surface area contributed by atoms with E-state index in [4.69, 9.17) is 4.74 Å². The summed E-state index contributed by atoms with van der Waals surface area (Å²) in [6.45, 7) is 0. The Kier molecular flexibility index (Phi) is 5.98. The second kappa shape index (κ2) is 10.0. The molecule has 8 rings (SSSR count). The Hall–Kier alpha value is -4.66. The van der Waals surface area contributed by atoms with Gasteiger partial charge in [-0.15, -0.1) is 0 Å². The maximum Gasteiger partial charge on any atom is 0.131 e. The molecule has 0 aromatic heterocycles. The molecule has 42 heavy (non-hydrogen) atoms. The molecule has 0 bridgehead atoms. The first-order valence-corrected chi connectivity index (χ1v) is 16.2. The fraction of sp³-hybridized carbons (Fsp3) is 0.0750. The molecule has 0 spiro atoms. The van der Waals surface area contributed by atoms with Gasteiger partial charge < -0.3 is 4.74 Å². The minimum atomic E-state index is -0.0822. The molecule has 0 amide bonds. The van der Waals surface area contributed by atoms with Crippen LogP contribution in [0.3, 0.4) is 0 Å². The Morgan fingerprint density at radius 3 is 1.81 bits per heavy atom. The number of hydrogen-bond acceptors (Lipinski definition) is 1. The van der Waals surface area contributed by atoms with E-state index in [0.717, 1.165) is 17.9 Å². The quantitative estimate of drug-likeness (QED) is 0.155. The molecule has 0 N–H and O–H groups in total. The predicted octanol–water partition coefficient (Wildman–Crippen LogP) is 11.0. The first-order valence-electron chi connectivity index (χ1n) is 14.4. The lowest BCUT2D eigenvalue weighted by Gasteiger charge is -2.24. The van der Waals surface area contributed by atoms with Gasteiger partial charge in [-0.25, -0.2) is 0 Å². The number of fused-ring (bicyclic) bond motifs is 5. The van der Waals surface area contributed by atoms with Gasteiger partial charge >= 0.3 is 0 Å². The van der Waals surface area contributed by atoms with Gasteiger partial charge in [-0.3, -0.25) is 0 Å². The van der Waals surface area contributed by atoms with Crippen LogP contribution in [0.15, 0.2) is 138 Å². The van der Waals surface area contributed by atoms with Crippen LogP contribution in [-0.4, -0.2) is 12.1 Å². The van der Waals surface area contributed by atoms with E-state index in [1.54, 1.807) is 0 Å². The fourth-order valence-corrected chi connectivity index (χ4v) is 7.81. The van der Waals surface area contributed by atoms with Gasteiger partial charge in [0, 0.05) is 16.4 Å². The fourth-order valence-electron chi connectivity index (χ4n) is 6.96. The van der Waals surface area contributed by atoms with Gasteiger partial charge in [0.05, 0.1) is 0 Å². The van der Waals surface area contributed by atoms with Crippen LogP contribution < -0.4 is 4.74 Å². The Labute approximate surface area is 249 Å². The number of para-hydroxylation sites is 2. The van der Waals surface area contributed by atoms with Crippen LogP contribution in [0.5, 0.6) is 11.5 Å². The summed E-state index contributed by atoms with van der Waals surface area (Å²) in [6.07, 6.45) is 3.08. The zero-order chi connectivity index (χ0) is 28.2. The topological polar surface area (TPSA) is 9.23 Å². The van der Waals surface area contributed by atoms with Gasteiger partial charge in [0.15, 0.2) is 0 Å². The van der Waals surface area contributed by atoms with Crippen LogP contribution in [-0.2, 0) is 6.42 Å². The molecule has 0 saturated carbocycles. The van der Waals surface area contributed by atoms with E-state index in [9.17, 15) is 0 Å². The third kappa shape index (κ3) is 3.90. The molecule has 0 aliphatic carbocycles. The smallest absolute Gasteiger partial charge is 0.131 e. The summed E-state index contributed by atoms with van der Waals surface area (Å²) in [7, 11) is -0.0822. The van der Waals surface area contributed by atoms with Crippen molar-refractivity contribution in [3.05, 3.63) is 150 Å². The van der Waals surface area contributed by atoms with Gasteiger partial charge in [0.25, 0.3) is 0 Å². The molecule has 0 saturated heterocycles. The molecular formula is C40H30OS. The highest BCUT2D eigenvalue weighted by Gasteiger charge is 2.29. The van der Waals surface area contributed by atoms with E-state index in [-0.39, 0.29) is 16.4 Å². The summed E-state index contributed by atoms with van der Waals surface area (Å²) in [6, 6.07) is 48.5. The Morgan fingerprint density at radius 2 is 1.12 bits per heavy atom. The van der Waals surface area contributed by atoms with Crippen LogP contribution in [0.2, 0.25) is 0 Å². The van der Waals surface area contributed by atoms with E-state index in [1.807, 2.05) is 0 Å². The minimum Gasteiger partial charge on any atom is -0.457 e. The predicted molar refractivity (Wildman–Crippen MR) is 182 cm³/mol. The van der Waals surface area contributed by atoms with E-state index in [1.165, 1.54) is 65.0 Å². The molecule has 2 heteroatoms. The van der Waals surface area contributed by atoms with Crippen LogP contribution in [0.25, 0.3) is 43.4 Å². The first-order chi connectivity index (χ1) is 20.7. The maximum absolute atomic E-state index is 6.55. The Balaban J connectivity index is 1.49. The number of hydrogen-bond donors (Lipinski definition) is 0. The molecule has 2 atom stereocenters. The molecule has 0 fully saturated rings. The minimum absolute atomic E-state index is 0.0822. The highest BCUT2D eigenvalue weighted by atomic mass is 32.2. The van der Waals surface area contributed by atoms with Crippen molar-refractivity contribution in [2.75, 3.05) is 6.26 Å². The van der Waals surface area contributed by atoms with E-state index in [2.05, 4.69) is 146 Å². The molecule has 202 valence electrons. The average Bonchev–Trinajstić information content (AvgIpc) is 3.20. The normalized spacial score (nSPS) is 15.1. The summed E-state index contributed by atoms with van der Waals surface area (Å²) < 4.78 is 6.55. The van der Waals surface area contributed by atoms with Gasteiger partial charge in [-0.2, -0.15) is 10.5 Å². The lowest BCUT2D eigenvalue weighted by molar-refractivity contribution is 0.479. The van der Waals surface area contributed by atoms with Crippen LogP contribution in [0, 0.1) is 0 Å². The van der Waals surface area contributed by atoms with Crippen LogP contribution in [0.1, 0.15) is 22.6 Å². The monoisotopic (exact) mass is 558 g/mol. The van der Waals surface area contributed by atoms with E-state index < -0.39 is 0 Å². The second-order valence-corrected chi connectivity index (χ2v) is 12.9. The molecule has 0 radical (unpaired) electrons. The van der Waals surface area contributed by atoms with E-state index in [0.29, 0.717) is 0 Å². The largest absolute Gasteiger partial charge is 0.457 e. The molecule has 7 aromatic rings. The van der Waals surface area contributed by atoms with E-state index >= 15 is 0 Å². The SMILES string of the molecule is C=S(C)c1ccc(-c2c3ccccc3c(C3Cc4ccccc4Oc4ccccc43)c3ccccc23)c2ccccc12. The van der Waals surface area contributed by atoms with Crippen molar-refractivity contribution < 1.29 is 4.74 Å². The summed E-state index contributed by atoms with van der Waals surface area (Å²) in [4.78, 5) is 1.31. The molecule has 1 nitrogen and oxygen atoms in total. The van der Waals surface area contributed by atoms with Gasteiger partial charge in [-0.1, -0.05) is 121 Å². The Bertz CT molecular complexity index is 2130. The summed E-state index contributed by atoms with van der Waals surface area (Å²) in [5.41, 5.74) is 6.41. The lowest BCUT2D eigenvalue weighted by Crippen LogP contribution is -2.07. The molecule has 1 heterocycles. The molecular weight excluding hydrogens is 529 g/mol. The van der Waals surface area contributed by atoms with Crippen LogP contribution >= 0.6 is 10.5 Å². The molecule has 1 aliphatic heterocycles.